The Morgan fingerprint density at radius 3 is 2.60 bits per heavy atom. The van der Waals surface area contributed by atoms with E-state index in [1.807, 2.05) is 0 Å². The maximum atomic E-state index is 12.1. The number of hydrogen-bond acceptors (Lipinski definition) is 4. The monoisotopic (exact) mass is 361 g/mol. The molecular formula is C12H16BrN3O3S. The van der Waals surface area contributed by atoms with Crippen LogP contribution in [0.3, 0.4) is 0 Å². The number of rotatable bonds is 4. The molecule has 1 aromatic carbocycles. The van der Waals surface area contributed by atoms with Crippen LogP contribution in [0.25, 0.3) is 0 Å². The standard InChI is InChI=1S/C12H16BrN3O3S/c13-10-7-9(3-4-11(10)14)20(18,19)15-8-12(17)16-5-1-2-6-16/h3-4,7,15H,1-2,5-6,8,14H2. The molecule has 1 aliphatic rings. The lowest BCUT2D eigenvalue weighted by atomic mass is 10.3. The molecule has 0 aromatic heterocycles. The zero-order valence-electron chi connectivity index (χ0n) is 10.8. The van der Waals surface area contributed by atoms with Gasteiger partial charge in [0.25, 0.3) is 0 Å². The van der Waals surface area contributed by atoms with Crippen molar-refractivity contribution in [2.45, 2.75) is 17.7 Å². The second-order valence-corrected chi connectivity index (χ2v) is 7.22. The molecule has 110 valence electrons. The summed E-state index contributed by atoms with van der Waals surface area (Å²) < 4.78 is 27.0. The SMILES string of the molecule is Nc1ccc(S(=O)(=O)NCC(=O)N2CCCC2)cc1Br. The zero-order chi connectivity index (χ0) is 14.8. The molecule has 20 heavy (non-hydrogen) atoms. The summed E-state index contributed by atoms with van der Waals surface area (Å²) in [5, 5.41) is 0. The fraction of sp³-hybridized carbons (Fsp3) is 0.417. The molecule has 0 spiro atoms. The molecule has 1 heterocycles. The van der Waals surface area contributed by atoms with Crippen molar-refractivity contribution in [3.05, 3.63) is 22.7 Å². The number of likely N-dealkylation sites (tertiary alicyclic amines) is 1. The zero-order valence-corrected chi connectivity index (χ0v) is 13.2. The van der Waals surface area contributed by atoms with Crippen molar-refractivity contribution in [1.82, 2.24) is 9.62 Å². The minimum Gasteiger partial charge on any atom is -0.398 e. The van der Waals surface area contributed by atoms with E-state index >= 15 is 0 Å². The Labute approximate surface area is 126 Å². The molecule has 0 atom stereocenters. The number of nitrogens with two attached hydrogens (primary N) is 1. The first-order chi connectivity index (χ1) is 9.40. The van der Waals surface area contributed by atoms with Crippen LogP contribution < -0.4 is 10.5 Å². The molecule has 1 aromatic rings. The summed E-state index contributed by atoms with van der Waals surface area (Å²) >= 11 is 3.18. The predicted molar refractivity (Wildman–Crippen MR) is 79.6 cm³/mol. The van der Waals surface area contributed by atoms with E-state index in [2.05, 4.69) is 20.7 Å². The first-order valence-electron chi connectivity index (χ1n) is 6.22. The second kappa shape index (κ2) is 6.11. The fourth-order valence-electron chi connectivity index (χ4n) is 1.99. The summed E-state index contributed by atoms with van der Waals surface area (Å²) in [6.07, 6.45) is 1.95. The van der Waals surface area contributed by atoms with Crippen LogP contribution in [-0.2, 0) is 14.8 Å². The van der Waals surface area contributed by atoms with E-state index in [1.165, 1.54) is 18.2 Å². The third-order valence-corrected chi connectivity index (χ3v) is 5.24. The minimum absolute atomic E-state index is 0.0767. The highest BCUT2D eigenvalue weighted by molar-refractivity contribution is 9.10. The number of nitrogen functional groups attached to an aromatic ring is 1. The lowest BCUT2D eigenvalue weighted by Crippen LogP contribution is -2.38. The van der Waals surface area contributed by atoms with Crippen molar-refractivity contribution in [3.8, 4) is 0 Å². The predicted octanol–water partition coefficient (Wildman–Crippen LogP) is 0.932. The second-order valence-electron chi connectivity index (χ2n) is 4.60. The molecule has 8 heteroatoms. The van der Waals surface area contributed by atoms with Crippen molar-refractivity contribution in [2.24, 2.45) is 0 Å². The lowest BCUT2D eigenvalue weighted by Gasteiger charge is -2.15. The third kappa shape index (κ3) is 3.50. The number of anilines is 1. The maximum absolute atomic E-state index is 12.1. The van der Waals surface area contributed by atoms with Crippen LogP contribution in [0.15, 0.2) is 27.6 Å². The van der Waals surface area contributed by atoms with Gasteiger partial charge >= 0.3 is 0 Å². The average molecular weight is 362 g/mol. The summed E-state index contributed by atoms with van der Waals surface area (Å²) in [5.74, 6) is -0.194. The number of hydrogen-bond donors (Lipinski definition) is 2. The van der Waals surface area contributed by atoms with Gasteiger partial charge < -0.3 is 10.6 Å². The number of nitrogens with zero attached hydrogens (tertiary/aromatic N) is 1. The summed E-state index contributed by atoms with van der Waals surface area (Å²) in [6.45, 7) is 1.19. The lowest BCUT2D eigenvalue weighted by molar-refractivity contribution is -0.128. The van der Waals surface area contributed by atoms with Gasteiger partial charge in [0.1, 0.15) is 0 Å². The average Bonchev–Trinajstić information content (AvgIpc) is 2.93. The van der Waals surface area contributed by atoms with Crippen molar-refractivity contribution < 1.29 is 13.2 Å². The van der Waals surface area contributed by atoms with Crippen LogP contribution in [0.5, 0.6) is 0 Å². The van der Waals surface area contributed by atoms with Gasteiger partial charge in [-0.15, -0.1) is 0 Å². The molecule has 6 nitrogen and oxygen atoms in total. The Hall–Kier alpha value is -1.12. The van der Waals surface area contributed by atoms with Crippen molar-refractivity contribution in [1.29, 1.82) is 0 Å². The van der Waals surface area contributed by atoms with E-state index in [0.717, 1.165) is 12.8 Å². The van der Waals surface area contributed by atoms with E-state index in [1.54, 1.807) is 4.90 Å². The Balaban J connectivity index is 2.03. The Bertz CT molecular complexity index is 612. The molecule has 0 bridgehead atoms. The third-order valence-electron chi connectivity index (χ3n) is 3.15. The van der Waals surface area contributed by atoms with Gasteiger partial charge in [0, 0.05) is 23.2 Å². The van der Waals surface area contributed by atoms with E-state index in [4.69, 9.17) is 5.73 Å². The maximum Gasteiger partial charge on any atom is 0.241 e. The molecular weight excluding hydrogens is 346 g/mol. The molecule has 1 fully saturated rings. The number of benzene rings is 1. The first kappa shape index (κ1) is 15.3. The number of sulfonamides is 1. The molecule has 0 saturated carbocycles. The normalized spacial score (nSPS) is 15.6. The number of carbonyl (C=O) groups is 1. The molecule has 0 radical (unpaired) electrons. The van der Waals surface area contributed by atoms with Gasteiger partial charge in [0.05, 0.1) is 11.4 Å². The van der Waals surface area contributed by atoms with Crippen molar-refractivity contribution in [2.75, 3.05) is 25.4 Å². The Morgan fingerprint density at radius 1 is 1.35 bits per heavy atom. The molecule has 0 aliphatic carbocycles. The first-order valence-corrected chi connectivity index (χ1v) is 8.50. The van der Waals surface area contributed by atoms with Crippen LogP contribution in [0.1, 0.15) is 12.8 Å². The van der Waals surface area contributed by atoms with Gasteiger partial charge in [-0.25, -0.2) is 13.1 Å². The van der Waals surface area contributed by atoms with Crippen LogP contribution in [0.2, 0.25) is 0 Å². The molecule has 1 amide bonds. The minimum atomic E-state index is -3.71. The van der Waals surface area contributed by atoms with Crippen LogP contribution in [-0.4, -0.2) is 38.9 Å². The van der Waals surface area contributed by atoms with Gasteiger partial charge in [-0.2, -0.15) is 0 Å². The van der Waals surface area contributed by atoms with Gasteiger partial charge in [-0.05, 0) is 47.0 Å². The number of amides is 1. The van der Waals surface area contributed by atoms with Gasteiger partial charge in [0.2, 0.25) is 15.9 Å². The van der Waals surface area contributed by atoms with E-state index in [0.29, 0.717) is 23.2 Å². The van der Waals surface area contributed by atoms with E-state index in [9.17, 15) is 13.2 Å². The molecule has 2 rings (SSSR count). The molecule has 1 aliphatic heterocycles. The van der Waals surface area contributed by atoms with Crippen LogP contribution >= 0.6 is 15.9 Å². The summed E-state index contributed by atoms with van der Waals surface area (Å²) in [7, 11) is -3.71. The molecule has 0 unspecified atom stereocenters. The topological polar surface area (TPSA) is 92.5 Å². The van der Waals surface area contributed by atoms with E-state index < -0.39 is 10.0 Å². The van der Waals surface area contributed by atoms with Crippen LogP contribution in [0, 0.1) is 0 Å². The molecule has 3 N–H and O–H groups in total. The molecule has 1 saturated heterocycles. The largest absolute Gasteiger partial charge is 0.398 e. The Kier molecular flexibility index (Phi) is 4.66. The van der Waals surface area contributed by atoms with Gasteiger partial charge in [-0.3, -0.25) is 4.79 Å². The highest BCUT2D eigenvalue weighted by Gasteiger charge is 2.21. The summed E-state index contributed by atoms with van der Waals surface area (Å²) in [6, 6.07) is 4.32. The number of carbonyl (C=O) groups excluding carboxylic acids is 1. The fourth-order valence-corrected chi connectivity index (χ4v) is 3.52. The van der Waals surface area contributed by atoms with Crippen molar-refractivity contribution >= 4 is 37.5 Å². The quantitative estimate of drug-likeness (QED) is 0.780. The number of halogens is 1. The van der Waals surface area contributed by atoms with E-state index in [-0.39, 0.29) is 17.3 Å². The summed E-state index contributed by atoms with van der Waals surface area (Å²) in [4.78, 5) is 13.6. The van der Waals surface area contributed by atoms with Gasteiger partial charge in [-0.1, -0.05) is 0 Å². The number of nitrogens with one attached hydrogen (secondary N) is 1. The smallest absolute Gasteiger partial charge is 0.241 e. The van der Waals surface area contributed by atoms with Crippen molar-refractivity contribution in [3.63, 3.8) is 0 Å². The highest BCUT2D eigenvalue weighted by atomic mass is 79.9. The van der Waals surface area contributed by atoms with Crippen LogP contribution in [0.4, 0.5) is 5.69 Å². The highest BCUT2D eigenvalue weighted by Crippen LogP contribution is 2.22. The Morgan fingerprint density at radius 2 is 2.00 bits per heavy atom. The van der Waals surface area contributed by atoms with Gasteiger partial charge in [0.15, 0.2) is 0 Å². The summed E-state index contributed by atoms with van der Waals surface area (Å²) in [5.41, 5.74) is 6.07.